The van der Waals surface area contributed by atoms with Crippen LogP contribution in [-0.4, -0.2) is 50.6 Å². The van der Waals surface area contributed by atoms with E-state index in [0.29, 0.717) is 18.4 Å². The van der Waals surface area contributed by atoms with Crippen LogP contribution in [0.2, 0.25) is 0 Å². The number of carbonyl (C=O) groups is 4. The Morgan fingerprint density at radius 3 is 2.63 bits per heavy atom. The van der Waals surface area contributed by atoms with Crippen molar-refractivity contribution in [2.75, 3.05) is 0 Å². The zero-order valence-electron chi connectivity index (χ0n) is 20.1. The van der Waals surface area contributed by atoms with Gasteiger partial charge in [-0.2, -0.15) is 18.3 Å². The van der Waals surface area contributed by atoms with E-state index in [9.17, 15) is 32.3 Å². The Hall–Kier alpha value is -3.97. The van der Waals surface area contributed by atoms with Gasteiger partial charge in [0.05, 0.1) is 11.6 Å². The van der Waals surface area contributed by atoms with Gasteiger partial charge in [0.15, 0.2) is 5.69 Å². The van der Waals surface area contributed by atoms with Gasteiger partial charge in [-0.05, 0) is 37.3 Å². The van der Waals surface area contributed by atoms with Gasteiger partial charge in [-0.15, -0.1) is 0 Å². The number of aryl methyl sites for hydroxylation is 1. The molecule has 3 heterocycles. The molecule has 202 valence electrons. The van der Waals surface area contributed by atoms with E-state index in [-0.39, 0.29) is 48.2 Å². The lowest BCUT2D eigenvalue weighted by atomic mass is 9.87. The first kappa shape index (κ1) is 25.7. The van der Waals surface area contributed by atoms with Crippen LogP contribution >= 0.6 is 0 Å². The number of nitrogens with one attached hydrogen (secondary N) is 2. The van der Waals surface area contributed by atoms with E-state index in [1.165, 1.54) is 34.8 Å². The molecule has 1 unspecified atom stereocenters. The van der Waals surface area contributed by atoms with Gasteiger partial charge in [-0.25, -0.2) is 9.18 Å². The molecular weight excluding hydrogens is 514 g/mol. The molecule has 2 N–H and O–H groups in total. The maximum absolute atomic E-state index is 15.2. The molecule has 5 rings (SSSR count). The van der Waals surface area contributed by atoms with Crippen LogP contribution < -0.4 is 10.6 Å². The molecule has 1 saturated heterocycles. The highest BCUT2D eigenvalue weighted by Crippen LogP contribution is 2.36. The number of rotatable bonds is 5. The summed E-state index contributed by atoms with van der Waals surface area (Å²) in [5.41, 5.74) is -0.776. The summed E-state index contributed by atoms with van der Waals surface area (Å²) in [6, 6.07) is 1.38. The average molecular weight is 537 g/mol. The van der Waals surface area contributed by atoms with E-state index in [2.05, 4.69) is 15.7 Å². The summed E-state index contributed by atoms with van der Waals surface area (Å²) in [5, 5.41) is 8.38. The van der Waals surface area contributed by atoms with Crippen molar-refractivity contribution in [1.82, 2.24) is 25.3 Å². The molecule has 38 heavy (non-hydrogen) atoms. The first-order valence-corrected chi connectivity index (χ1v) is 11.9. The Bertz CT molecular complexity index is 1330. The lowest BCUT2D eigenvalue weighted by Crippen LogP contribution is -2.52. The van der Waals surface area contributed by atoms with Crippen LogP contribution in [0.5, 0.6) is 0 Å². The fourth-order valence-electron chi connectivity index (χ4n) is 4.99. The number of imide groups is 1. The highest BCUT2D eigenvalue weighted by atomic mass is 19.4. The number of amides is 4. The van der Waals surface area contributed by atoms with Crippen LogP contribution in [0.4, 0.5) is 22.4 Å². The van der Waals surface area contributed by atoms with Crippen molar-refractivity contribution in [3.63, 3.8) is 0 Å². The summed E-state index contributed by atoms with van der Waals surface area (Å²) < 4.78 is 60.4. The van der Waals surface area contributed by atoms with Crippen LogP contribution in [-0.2, 0) is 33.7 Å². The number of carbonyl (C=O) groups excluding carboxylic acids is 4. The highest BCUT2D eigenvalue weighted by Gasteiger charge is 2.41. The lowest BCUT2D eigenvalue weighted by Gasteiger charge is -2.35. The van der Waals surface area contributed by atoms with Gasteiger partial charge < -0.3 is 15.0 Å². The minimum Gasteiger partial charge on any atom is -0.445 e. The number of aromatic nitrogens is 2. The summed E-state index contributed by atoms with van der Waals surface area (Å²) in [5.74, 6) is -2.57. The van der Waals surface area contributed by atoms with Crippen LogP contribution in [0.3, 0.4) is 0 Å². The quantitative estimate of drug-likeness (QED) is 0.447. The molecule has 1 aromatic heterocycles. The number of nitrogens with zero attached hydrogens (tertiary/aromatic N) is 3. The Labute approximate surface area is 213 Å². The molecule has 0 bridgehead atoms. The van der Waals surface area contributed by atoms with Crippen LogP contribution in [0, 0.1) is 12.7 Å². The summed E-state index contributed by atoms with van der Waals surface area (Å²) in [6.45, 7) is 0.887. The van der Waals surface area contributed by atoms with E-state index in [1.807, 2.05) is 0 Å². The molecule has 1 aliphatic carbocycles. The third-order valence-electron chi connectivity index (χ3n) is 7.06. The van der Waals surface area contributed by atoms with E-state index in [4.69, 9.17) is 4.74 Å². The molecule has 0 spiro atoms. The van der Waals surface area contributed by atoms with E-state index < -0.39 is 54.2 Å². The van der Waals surface area contributed by atoms with E-state index in [0.717, 1.165) is 0 Å². The molecule has 1 atom stereocenters. The molecule has 14 heteroatoms. The number of halogens is 4. The molecule has 3 aliphatic rings. The van der Waals surface area contributed by atoms with Gasteiger partial charge in [0, 0.05) is 30.8 Å². The molecule has 4 amide bonds. The molecule has 2 fully saturated rings. The monoisotopic (exact) mass is 537 g/mol. The van der Waals surface area contributed by atoms with Gasteiger partial charge in [0.1, 0.15) is 18.5 Å². The topological polar surface area (TPSA) is 123 Å². The smallest absolute Gasteiger partial charge is 0.435 e. The molecule has 10 nitrogen and oxygen atoms in total. The van der Waals surface area contributed by atoms with Gasteiger partial charge in [-0.1, -0.05) is 12.1 Å². The third-order valence-corrected chi connectivity index (χ3v) is 7.06. The number of hydrogen-bond donors (Lipinski definition) is 2. The van der Waals surface area contributed by atoms with Crippen LogP contribution in [0.15, 0.2) is 18.3 Å². The highest BCUT2D eigenvalue weighted by molar-refractivity contribution is 6.05. The van der Waals surface area contributed by atoms with Crippen LogP contribution in [0.1, 0.15) is 64.5 Å². The predicted molar refractivity (Wildman–Crippen MR) is 120 cm³/mol. The zero-order valence-corrected chi connectivity index (χ0v) is 20.1. The normalized spacial score (nSPS) is 23.1. The first-order chi connectivity index (χ1) is 17.9. The molecule has 2 aliphatic heterocycles. The number of piperidine rings is 1. The average Bonchev–Trinajstić information content (AvgIpc) is 3.36. The van der Waals surface area contributed by atoms with Crippen molar-refractivity contribution in [2.45, 2.75) is 70.1 Å². The standard InChI is InChI=1S/C24H23F4N5O5/c1-11-8-33(31-20(11)24(26,27)28)15-6-14(7-15)29-23(37)38-10-13-3-2-12-9-32(22(36)18(12)19(13)25)16-4-5-17(34)30-21(16)35/h2-3,8,14-16H,4-7,9-10H2,1H3,(H,29,37)(H,30,34,35). The summed E-state index contributed by atoms with van der Waals surface area (Å²) in [7, 11) is 0. The first-order valence-electron chi connectivity index (χ1n) is 11.9. The second-order valence-electron chi connectivity index (χ2n) is 9.65. The minimum atomic E-state index is -4.54. The summed E-state index contributed by atoms with van der Waals surface area (Å²) in [6.07, 6.45) is -3.13. The molecular formula is C24H23F4N5O5. The molecule has 2 aromatic rings. The second-order valence-corrected chi connectivity index (χ2v) is 9.65. The fraction of sp³-hybridized carbons (Fsp3) is 0.458. The number of ether oxygens (including phenoxy) is 1. The van der Waals surface area contributed by atoms with Crippen molar-refractivity contribution in [2.24, 2.45) is 0 Å². The van der Waals surface area contributed by atoms with E-state index >= 15 is 4.39 Å². The number of fused-ring (bicyclic) bond motifs is 1. The molecule has 0 radical (unpaired) electrons. The molecule has 1 saturated carbocycles. The third kappa shape index (κ3) is 4.70. The number of alkyl carbamates (subject to hydrolysis) is 1. The maximum atomic E-state index is 15.2. The second kappa shape index (κ2) is 9.40. The predicted octanol–water partition coefficient (Wildman–Crippen LogP) is 2.74. The van der Waals surface area contributed by atoms with Gasteiger partial charge >= 0.3 is 12.3 Å². The van der Waals surface area contributed by atoms with Crippen LogP contribution in [0.25, 0.3) is 0 Å². The van der Waals surface area contributed by atoms with Gasteiger partial charge in [-0.3, -0.25) is 24.4 Å². The number of alkyl halides is 3. The Kier molecular flexibility index (Phi) is 6.35. The van der Waals surface area contributed by atoms with Gasteiger partial charge in [0.2, 0.25) is 11.8 Å². The van der Waals surface area contributed by atoms with Crippen molar-refractivity contribution < 1.29 is 41.5 Å². The van der Waals surface area contributed by atoms with Gasteiger partial charge in [0.25, 0.3) is 5.91 Å². The van der Waals surface area contributed by atoms with Crippen molar-refractivity contribution in [3.05, 3.63) is 52.1 Å². The largest absolute Gasteiger partial charge is 0.445 e. The Morgan fingerprint density at radius 2 is 1.97 bits per heavy atom. The lowest BCUT2D eigenvalue weighted by molar-refractivity contribution is -0.142. The Morgan fingerprint density at radius 1 is 1.24 bits per heavy atom. The van der Waals surface area contributed by atoms with E-state index in [1.54, 1.807) is 0 Å². The Balaban J connectivity index is 1.14. The number of hydrogen-bond acceptors (Lipinski definition) is 6. The maximum Gasteiger partial charge on any atom is 0.435 e. The summed E-state index contributed by atoms with van der Waals surface area (Å²) >= 11 is 0. The molecule has 1 aromatic carbocycles. The minimum absolute atomic E-state index is 0.0159. The van der Waals surface area contributed by atoms with Crippen molar-refractivity contribution in [1.29, 1.82) is 0 Å². The zero-order chi connectivity index (χ0) is 27.4. The van der Waals surface area contributed by atoms with Crippen molar-refractivity contribution in [3.8, 4) is 0 Å². The fourth-order valence-corrected chi connectivity index (χ4v) is 4.99. The SMILES string of the molecule is Cc1cn(C2CC(NC(=O)OCc3ccc4c(c3F)C(=O)N(C3CCC(=O)NC3=O)C4)C2)nc1C(F)(F)F. The number of benzene rings is 1. The summed E-state index contributed by atoms with van der Waals surface area (Å²) in [4.78, 5) is 49.9. The van der Waals surface area contributed by atoms with Crippen molar-refractivity contribution >= 4 is 23.8 Å².